The van der Waals surface area contributed by atoms with Gasteiger partial charge in [-0.2, -0.15) is 0 Å². The van der Waals surface area contributed by atoms with E-state index in [-0.39, 0.29) is 41.9 Å². The van der Waals surface area contributed by atoms with Crippen LogP contribution in [0, 0.1) is 0 Å². The smallest absolute Gasteiger partial charge is 0.251 e. The molecule has 3 amide bonds. The molecule has 2 aromatic heterocycles. The highest BCUT2D eigenvalue weighted by Gasteiger charge is 2.25. The first-order valence-electron chi connectivity index (χ1n) is 18.2. The number of rotatable bonds is 17. The fourth-order valence-corrected chi connectivity index (χ4v) is 6.87. The van der Waals surface area contributed by atoms with Gasteiger partial charge in [0.05, 0.1) is 36.6 Å². The number of nitrogens with two attached hydrogens (primary N) is 1. The lowest BCUT2D eigenvalue weighted by atomic mass is 10.0. The van der Waals surface area contributed by atoms with Crippen molar-refractivity contribution in [2.24, 2.45) is 0 Å². The summed E-state index contributed by atoms with van der Waals surface area (Å²) in [6.07, 6.45) is 6.33. The first-order valence-corrected chi connectivity index (χ1v) is 20.1. The minimum atomic E-state index is -3.89. The maximum absolute atomic E-state index is 14.2. The summed E-state index contributed by atoms with van der Waals surface area (Å²) in [5.41, 5.74) is 9.83. The van der Waals surface area contributed by atoms with Gasteiger partial charge in [0.1, 0.15) is 0 Å². The van der Waals surface area contributed by atoms with E-state index in [1.807, 2.05) is 43.3 Å². The van der Waals surface area contributed by atoms with Crippen LogP contribution in [0.4, 0.5) is 11.4 Å². The third kappa shape index (κ3) is 11.7. The Morgan fingerprint density at radius 3 is 2.04 bits per heavy atom. The topological polar surface area (TPSA) is 189 Å². The summed E-state index contributed by atoms with van der Waals surface area (Å²) in [6.45, 7) is 5.58. The molecule has 292 valence electrons. The highest BCUT2D eigenvalue weighted by atomic mass is 32.2. The molecule has 0 aliphatic carbocycles. The molecule has 13 nitrogen and oxygen atoms in total. The highest BCUT2D eigenvalue weighted by molar-refractivity contribution is 7.92. The normalized spacial score (nSPS) is 13.4. The van der Waals surface area contributed by atoms with Crippen LogP contribution in [-0.4, -0.2) is 61.0 Å². The lowest BCUT2D eigenvalue weighted by Crippen LogP contribution is -2.50. The Hall–Kier alpha value is -6.12. The number of pyridine rings is 2. The Labute approximate surface area is 328 Å². The van der Waals surface area contributed by atoms with Crippen molar-refractivity contribution < 1.29 is 22.8 Å². The SMILES string of the molecule is CC(NC(=O)c1cc(C(=O)N[C@H](CN[C@@H](C)C(=O)N[C@H](C)c2ccc(N)cc2)Cc2ccccn2)cc(N(Cc2ccccc2)S(C)(=O)=O)c1)c1cccnc1. The van der Waals surface area contributed by atoms with Gasteiger partial charge in [-0.1, -0.05) is 54.6 Å². The summed E-state index contributed by atoms with van der Waals surface area (Å²) < 4.78 is 27.7. The molecule has 2 heterocycles. The molecule has 0 bridgehead atoms. The Bertz CT molecular complexity index is 2190. The molecule has 6 N–H and O–H groups in total. The number of nitrogen functional groups attached to an aromatic ring is 1. The van der Waals surface area contributed by atoms with Crippen LogP contribution in [0.2, 0.25) is 0 Å². The quantitative estimate of drug-likeness (QED) is 0.0834. The van der Waals surface area contributed by atoms with E-state index < -0.39 is 40.0 Å². The van der Waals surface area contributed by atoms with E-state index in [0.717, 1.165) is 17.4 Å². The van der Waals surface area contributed by atoms with E-state index in [9.17, 15) is 22.8 Å². The van der Waals surface area contributed by atoms with Gasteiger partial charge in [0.15, 0.2) is 0 Å². The van der Waals surface area contributed by atoms with Crippen molar-refractivity contribution in [3.8, 4) is 0 Å². The van der Waals surface area contributed by atoms with Gasteiger partial charge >= 0.3 is 0 Å². The van der Waals surface area contributed by atoms with E-state index >= 15 is 0 Å². The third-order valence-corrected chi connectivity index (χ3v) is 10.3. The first kappa shape index (κ1) is 41.1. The van der Waals surface area contributed by atoms with Crippen LogP contribution in [0.5, 0.6) is 0 Å². The number of hydrogen-bond acceptors (Lipinski definition) is 9. The second-order valence-corrected chi connectivity index (χ2v) is 15.6. The number of nitrogens with zero attached hydrogens (tertiary/aromatic N) is 3. The molecule has 0 fully saturated rings. The van der Waals surface area contributed by atoms with Crippen molar-refractivity contribution in [1.29, 1.82) is 0 Å². The number of aromatic nitrogens is 2. The van der Waals surface area contributed by atoms with E-state index in [4.69, 9.17) is 5.73 Å². The van der Waals surface area contributed by atoms with Crippen molar-refractivity contribution >= 4 is 39.1 Å². The van der Waals surface area contributed by atoms with Gasteiger partial charge in [-0.15, -0.1) is 0 Å². The van der Waals surface area contributed by atoms with Crippen LogP contribution in [0.25, 0.3) is 0 Å². The molecule has 0 aliphatic heterocycles. The maximum Gasteiger partial charge on any atom is 0.251 e. The molecule has 0 saturated heterocycles. The van der Waals surface area contributed by atoms with E-state index in [0.29, 0.717) is 23.4 Å². The fourth-order valence-electron chi connectivity index (χ4n) is 5.99. The molecule has 4 atom stereocenters. The first-order chi connectivity index (χ1) is 26.8. The van der Waals surface area contributed by atoms with Crippen molar-refractivity contribution in [3.05, 3.63) is 155 Å². The van der Waals surface area contributed by atoms with Crippen LogP contribution < -0.4 is 31.3 Å². The number of sulfonamides is 1. The minimum absolute atomic E-state index is 0.0268. The summed E-state index contributed by atoms with van der Waals surface area (Å²) in [5.74, 6) is -1.29. The van der Waals surface area contributed by atoms with E-state index in [2.05, 4.69) is 31.2 Å². The van der Waals surface area contributed by atoms with Crippen molar-refractivity contribution in [2.45, 2.75) is 57.9 Å². The fraction of sp³-hybridized carbons (Fsp3) is 0.262. The Balaban J connectivity index is 1.41. The molecular weight excluding hydrogens is 729 g/mol. The summed E-state index contributed by atoms with van der Waals surface area (Å²) in [5, 5.41) is 12.2. The van der Waals surface area contributed by atoms with Crippen LogP contribution in [-0.2, 0) is 27.8 Å². The predicted octanol–water partition coefficient (Wildman–Crippen LogP) is 4.71. The van der Waals surface area contributed by atoms with Gasteiger partial charge in [-0.05, 0) is 86.0 Å². The highest BCUT2D eigenvalue weighted by Crippen LogP contribution is 2.25. The number of carbonyl (C=O) groups is 3. The Morgan fingerprint density at radius 1 is 0.750 bits per heavy atom. The molecular formula is C42H48N8O5S. The number of amides is 3. The van der Waals surface area contributed by atoms with Crippen LogP contribution in [0.1, 0.15) is 76.0 Å². The predicted molar refractivity (Wildman–Crippen MR) is 218 cm³/mol. The Morgan fingerprint density at radius 2 is 1.41 bits per heavy atom. The Kier molecular flexibility index (Phi) is 13.9. The zero-order valence-electron chi connectivity index (χ0n) is 31.8. The lowest BCUT2D eigenvalue weighted by molar-refractivity contribution is -0.123. The monoisotopic (exact) mass is 776 g/mol. The standard InChI is InChI=1S/C42H48N8O5S/c1-28(32-15-17-36(43)18-16-32)47-40(51)30(3)46-26-38(24-37-14-8-9-20-45-37)49-42(53)35-21-34(41(52)48-29(2)33-13-10-19-44-25-33)22-39(23-35)50(56(4,54)55)27-31-11-6-5-7-12-31/h5-23,25,28-30,38,46H,24,26-27,43H2,1-4H3,(H,47,51)(H,48,52)(H,49,53)/t28-,29?,30+,38+/m1/s1. The lowest BCUT2D eigenvalue weighted by Gasteiger charge is -2.25. The van der Waals surface area contributed by atoms with Crippen molar-refractivity contribution in [2.75, 3.05) is 22.8 Å². The van der Waals surface area contributed by atoms with Crippen LogP contribution >= 0.6 is 0 Å². The number of hydrogen-bond donors (Lipinski definition) is 5. The molecule has 5 aromatic rings. The summed E-state index contributed by atoms with van der Waals surface area (Å²) >= 11 is 0. The van der Waals surface area contributed by atoms with E-state index in [1.54, 1.807) is 81.0 Å². The number of nitrogens with one attached hydrogen (secondary N) is 4. The molecule has 0 saturated carbocycles. The molecule has 0 aliphatic rings. The summed E-state index contributed by atoms with van der Waals surface area (Å²) in [4.78, 5) is 49.7. The second-order valence-electron chi connectivity index (χ2n) is 13.7. The largest absolute Gasteiger partial charge is 0.399 e. The van der Waals surface area contributed by atoms with Gasteiger partial charge in [-0.25, -0.2) is 8.42 Å². The van der Waals surface area contributed by atoms with Gasteiger partial charge in [0, 0.05) is 60.1 Å². The summed E-state index contributed by atoms with van der Waals surface area (Å²) in [7, 11) is -3.89. The van der Waals surface area contributed by atoms with Crippen LogP contribution in [0.3, 0.4) is 0 Å². The molecule has 0 radical (unpaired) electrons. The summed E-state index contributed by atoms with van der Waals surface area (Å²) in [6, 6.07) is 27.8. The van der Waals surface area contributed by atoms with Gasteiger partial charge in [0.2, 0.25) is 15.9 Å². The van der Waals surface area contributed by atoms with Crippen molar-refractivity contribution in [3.63, 3.8) is 0 Å². The molecule has 56 heavy (non-hydrogen) atoms. The van der Waals surface area contributed by atoms with Gasteiger partial charge in [-0.3, -0.25) is 28.7 Å². The molecule has 1 unspecified atom stereocenters. The molecule has 14 heteroatoms. The third-order valence-electron chi connectivity index (χ3n) is 9.21. The van der Waals surface area contributed by atoms with Gasteiger partial charge in [0.25, 0.3) is 11.8 Å². The number of anilines is 2. The molecule has 0 spiro atoms. The molecule has 3 aromatic carbocycles. The number of benzene rings is 3. The zero-order valence-corrected chi connectivity index (χ0v) is 32.7. The minimum Gasteiger partial charge on any atom is -0.399 e. The number of carbonyl (C=O) groups excluding carboxylic acids is 3. The maximum atomic E-state index is 14.2. The van der Waals surface area contributed by atoms with Crippen LogP contribution in [0.15, 0.2) is 122 Å². The zero-order chi connectivity index (χ0) is 40.2. The average molecular weight is 777 g/mol. The average Bonchev–Trinajstić information content (AvgIpc) is 3.19. The van der Waals surface area contributed by atoms with Gasteiger partial charge < -0.3 is 27.0 Å². The second kappa shape index (κ2) is 19.0. The van der Waals surface area contributed by atoms with E-state index in [1.165, 1.54) is 22.5 Å². The molecule has 5 rings (SSSR count). The van der Waals surface area contributed by atoms with Crippen molar-refractivity contribution in [1.82, 2.24) is 31.2 Å².